The summed E-state index contributed by atoms with van der Waals surface area (Å²) < 4.78 is 41.1. The number of allylic oxidation sites excluding steroid dienone is 1. The zero-order chi connectivity index (χ0) is 17.7. The molecule has 1 aromatic heterocycles. The molecule has 0 unspecified atom stereocenters. The van der Waals surface area contributed by atoms with Crippen LogP contribution in [0.25, 0.3) is 11.4 Å². The molecule has 3 nitrogen and oxygen atoms in total. The van der Waals surface area contributed by atoms with Gasteiger partial charge in [-0.05, 0) is 12.5 Å². The minimum absolute atomic E-state index is 0.0523. The maximum atomic E-state index is 13.3. The zero-order valence-electron chi connectivity index (χ0n) is 13.0. The minimum atomic E-state index is -4.69. The molecule has 0 bridgehead atoms. The first-order chi connectivity index (χ1) is 11.4. The standard InChI is InChI=1S/C18H15F3N2O/c1-3-5-9-12-23-16(13-10-7-6-8-11-13)22-15(18(19,20)21)14(4-2)17(23)24/h3,6-8,10-11H,1,4,12H2,2H3. The van der Waals surface area contributed by atoms with E-state index in [0.717, 1.165) is 0 Å². The maximum absolute atomic E-state index is 13.3. The largest absolute Gasteiger partial charge is 0.433 e. The van der Waals surface area contributed by atoms with Crippen molar-refractivity contribution in [1.82, 2.24) is 9.55 Å². The van der Waals surface area contributed by atoms with Crippen molar-refractivity contribution < 1.29 is 13.2 Å². The smallest absolute Gasteiger partial charge is 0.281 e. The second-order valence-corrected chi connectivity index (χ2v) is 4.90. The number of halogens is 3. The minimum Gasteiger partial charge on any atom is -0.281 e. The van der Waals surface area contributed by atoms with Crippen LogP contribution in [0, 0.1) is 11.8 Å². The molecule has 0 aliphatic carbocycles. The van der Waals surface area contributed by atoms with Crippen LogP contribution in [0.15, 0.2) is 47.8 Å². The van der Waals surface area contributed by atoms with Crippen LogP contribution in [-0.4, -0.2) is 9.55 Å². The van der Waals surface area contributed by atoms with E-state index in [9.17, 15) is 18.0 Å². The number of nitrogens with zero attached hydrogens (tertiary/aromatic N) is 2. The van der Waals surface area contributed by atoms with Crippen molar-refractivity contribution in [2.75, 3.05) is 0 Å². The van der Waals surface area contributed by atoms with Crippen molar-refractivity contribution in [3.8, 4) is 23.2 Å². The molecule has 0 saturated carbocycles. The molecule has 2 rings (SSSR count). The van der Waals surface area contributed by atoms with Crippen molar-refractivity contribution in [3.63, 3.8) is 0 Å². The molecule has 0 amide bonds. The molecule has 0 radical (unpaired) electrons. The van der Waals surface area contributed by atoms with E-state index in [1.807, 2.05) is 0 Å². The van der Waals surface area contributed by atoms with E-state index < -0.39 is 17.4 Å². The number of alkyl halides is 3. The number of benzene rings is 1. The Morgan fingerprint density at radius 2 is 1.96 bits per heavy atom. The predicted molar refractivity (Wildman–Crippen MR) is 86.3 cm³/mol. The fourth-order valence-corrected chi connectivity index (χ4v) is 2.30. The van der Waals surface area contributed by atoms with Crippen LogP contribution >= 0.6 is 0 Å². The third-order valence-corrected chi connectivity index (χ3v) is 3.36. The van der Waals surface area contributed by atoms with Crippen LogP contribution in [0.1, 0.15) is 18.2 Å². The van der Waals surface area contributed by atoms with Crippen LogP contribution in [0.3, 0.4) is 0 Å². The van der Waals surface area contributed by atoms with Gasteiger partial charge in [0, 0.05) is 11.1 Å². The van der Waals surface area contributed by atoms with Gasteiger partial charge in [-0.1, -0.05) is 55.7 Å². The van der Waals surface area contributed by atoms with Crippen LogP contribution in [0.4, 0.5) is 13.2 Å². The summed E-state index contributed by atoms with van der Waals surface area (Å²) in [5.41, 5.74) is -1.80. The topological polar surface area (TPSA) is 34.9 Å². The molecule has 0 saturated heterocycles. The molecule has 0 fully saturated rings. The van der Waals surface area contributed by atoms with E-state index in [4.69, 9.17) is 0 Å². The maximum Gasteiger partial charge on any atom is 0.433 e. The highest BCUT2D eigenvalue weighted by atomic mass is 19.4. The van der Waals surface area contributed by atoms with Gasteiger partial charge in [0.1, 0.15) is 5.82 Å². The van der Waals surface area contributed by atoms with Gasteiger partial charge in [0.05, 0.1) is 6.54 Å². The average Bonchev–Trinajstić information content (AvgIpc) is 2.55. The molecule has 1 heterocycles. The van der Waals surface area contributed by atoms with Gasteiger partial charge in [-0.25, -0.2) is 4.98 Å². The van der Waals surface area contributed by atoms with Crippen molar-refractivity contribution in [2.45, 2.75) is 26.1 Å². The monoisotopic (exact) mass is 332 g/mol. The molecule has 0 aliphatic rings. The van der Waals surface area contributed by atoms with Crippen LogP contribution in [-0.2, 0) is 19.1 Å². The summed E-state index contributed by atoms with van der Waals surface area (Å²) in [4.78, 5) is 16.4. The second kappa shape index (κ2) is 7.18. The van der Waals surface area contributed by atoms with Gasteiger partial charge < -0.3 is 0 Å². The van der Waals surface area contributed by atoms with Crippen molar-refractivity contribution in [2.24, 2.45) is 0 Å². The Labute approximate surface area is 137 Å². The molecule has 0 aliphatic heterocycles. The molecule has 24 heavy (non-hydrogen) atoms. The highest BCUT2D eigenvalue weighted by Crippen LogP contribution is 2.31. The Morgan fingerprint density at radius 3 is 2.50 bits per heavy atom. The van der Waals surface area contributed by atoms with E-state index in [2.05, 4.69) is 23.4 Å². The lowest BCUT2D eigenvalue weighted by Gasteiger charge is -2.16. The number of rotatable bonds is 3. The second-order valence-electron chi connectivity index (χ2n) is 4.90. The van der Waals surface area contributed by atoms with Gasteiger partial charge in [-0.3, -0.25) is 9.36 Å². The van der Waals surface area contributed by atoms with E-state index in [0.29, 0.717) is 5.56 Å². The summed E-state index contributed by atoms with van der Waals surface area (Å²) in [5, 5.41) is 0. The first kappa shape index (κ1) is 17.5. The number of hydrogen-bond donors (Lipinski definition) is 0. The SMILES string of the molecule is C=CC#CCn1c(-c2ccccc2)nc(C(F)(F)F)c(CC)c1=O. The molecule has 0 spiro atoms. The number of hydrogen-bond acceptors (Lipinski definition) is 2. The summed E-state index contributed by atoms with van der Waals surface area (Å²) in [6, 6.07) is 8.27. The van der Waals surface area contributed by atoms with Gasteiger partial charge in [0.15, 0.2) is 5.69 Å². The molecule has 1 aromatic carbocycles. The van der Waals surface area contributed by atoms with Crippen molar-refractivity contribution in [1.29, 1.82) is 0 Å². The van der Waals surface area contributed by atoms with Crippen LogP contribution in [0.5, 0.6) is 0 Å². The van der Waals surface area contributed by atoms with E-state index in [-0.39, 0.29) is 24.4 Å². The normalized spacial score (nSPS) is 10.8. The zero-order valence-corrected chi connectivity index (χ0v) is 13.0. The predicted octanol–water partition coefficient (Wildman–Crippen LogP) is 3.68. The van der Waals surface area contributed by atoms with Gasteiger partial charge in [0.25, 0.3) is 5.56 Å². The van der Waals surface area contributed by atoms with Crippen LogP contribution in [0.2, 0.25) is 0 Å². The Kier molecular flexibility index (Phi) is 5.24. The highest BCUT2D eigenvalue weighted by molar-refractivity contribution is 5.56. The van der Waals surface area contributed by atoms with Crippen molar-refractivity contribution in [3.05, 3.63) is 64.6 Å². The lowest BCUT2D eigenvalue weighted by atomic mass is 10.1. The molecular formula is C18H15F3N2O. The van der Waals surface area contributed by atoms with Gasteiger partial charge in [0.2, 0.25) is 0 Å². The number of aromatic nitrogens is 2. The summed E-state index contributed by atoms with van der Waals surface area (Å²) in [6.45, 7) is 4.88. The Morgan fingerprint density at radius 1 is 1.29 bits per heavy atom. The molecular weight excluding hydrogens is 317 g/mol. The van der Waals surface area contributed by atoms with E-state index >= 15 is 0 Å². The first-order valence-electron chi connectivity index (χ1n) is 7.25. The summed E-state index contributed by atoms with van der Waals surface area (Å²) in [5.74, 6) is 5.22. The Balaban J connectivity index is 2.81. The fourth-order valence-electron chi connectivity index (χ4n) is 2.30. The average molecular weight is 332 g/mol. The molecule has 0 atom stereocenters. The summed E-state index contributed by atoms with van der Waals surface area (Å²) >= 11 is 0. The van der Waals surface area contributed by atoms with E-state index in [1.54, 1.807) is 30.3 Å². The van der Waals surface area contributed by atoms with Gasteiger partial charge in [-0.2, -0.15) is 13.2 Å². The summed E-state index contributed by atoms with van der Waals surface area (Å²) in [7, 11) is 0. The lowest BCUT2D eigenvalue weighted by molar-refractivity contribution is -0.142. The third kappa shape index (κ3) is 3.57. The van der Waals surface area contributed by atoms with E-state index in [1.165, 1.54) is 17.6 Å². The fraction of sp³-hybridized carbons (Fsp3) is 0.222. The lowest BCUT2D eigenvalue weighted by Crippen LogP contribution is -2.31. The quantitative estimate of drug-likeness (QED) is 0.804. The summed E-state index contributed by atoms with van der Waals surface area (Å²) in [6.07, 6.45) is -3.41. The van der Waals surface area contributed by atoms with Crippen molar-refractivity contribution >= 4 is 0 Å². The van der Waals surface area contributed by atoms with Gasteiger partial charge >= 0.3 is 6.18 Å². The molecule has 2 aromatic rings. The molecule has 0 N–H and O–H groups in total. The first-order valence-corrected chi connectivity index (χ1v) is 7.25. The highest BCUT2D eigenvalue weighted by Gasteiger charge is 2.37. The molecule has 6 heteroatoms. The van der Waals surface area contributed by atoms with Crippen LogP contribution < -0.4 is 5.56 Å². The molecule has 124 valence electrons. The third-order valence-electron chi connectivity index (χ3n) is 3.36. The Hall–Kier alpha value is -2.81. The Bertz CT molecular complexity index is 856. The van der Waals surface area contributed by atoms with Gasteiger partial charge in [-0.15, -0.1) is 0 Å².